The van der Waals surface area contributed by atoms with Gasteiger partial charge in [0.2, 0.25) is 10.0 Å². The lowest BCUT2D eigenvalue weighted by atomic mass is 10.0. The number of nitrogens with zero attached hydrogens (tertiary/aromatic N) is 4. The minimum Gasteiger partial charge on any atom is -0.331 e. The monoisotopic (exact) mass is 458 g/mol. The summed E-state index contributed by atoms with van der Waals surface area (Å²) in [4.78, 5) is 22.9. The van der Waals surface area contributed by atoms with Crippen LogP contribution in [0, 0.1) is 6.92 Å². The second kappa shape index (κ2) is 6.93. The largest absolute Gasteiger partial charge is 0.331 e. The number of aromatic nitrogens is 2. The number of fused-ring (bicyclic) bond motifs is 2. The number of amides is 1. The van der Waals surface area contributed by atoms with Crippen molar-refractivity contribution in [3.63, 3.8) is 0 Å². The molecule has 0 unspecified atom stereocenters. The number of likely N-dealkylation sites (tertiary alicyclic amines) is 1. The smallest absolute Gasteiger partial charge is 0.272 e. The van der Waals surface area contributed by atoms with Gasteiger partial charge >= 0.3 is 0 Å². The summed E-state index contributed by atoms with van der Waals surface area (Å²) in [6, 6.07) is 7.08. The van der Waals surface area contributed by atoms with Gasteiger partial charge in [-0.3, -0.25) is 14.1 Å². The lowest BCUT2D eigenvalue weighted by molar-refractivity contribution is 0.0119. The number of pyridine rings is 2. The van der Waals surface area contributed by atoms with Crippen LogP contribution < -0.4 is 4.31 Å². The first kappa shape index (κ1) is 20.7. The van der Waals surface area contributed by atoms with Gasteiger partial charge in [-0.1, -0.05) is 6.07 Å². The van der Waals surface area contributed by atoms with Gasteiger partial charge in [-0.05, 0) is 41.8 Å². The van der Waals surface area contributed by atoms with Crippen molar-refractivity contribution in [2.75, 3.05) is 24.4 Å². The molecular weight excluding hydrogens is 438 g/mol. The lowest BCUT2D eigenvalue weighted by Gasteiger charge is -2.17. The van der Waals surface area contributed by atoms with Crippen molar-refractivity contribution in [3.05, 3.63) is 53.5 Å². The van der Waals surface area contributed by atoms with Gasteiger partial charge in [0.05, 0.1) is 23.5 Å². The summed E-state index contributed by atoms with van der Waals surface area (Å²) >= 11 is 0. The lowest BCUT2D eigenvalue weighted by Crippen LogP contribution is -2.32. The maximum Gasteiger partial charge on any atom is 0.272 e. The van der Waals surface area contributed by atoms with E-state index >= 15 is 0 Å². The summed E-state index contributed by atoms with van der Waals surface area (Å²) in [5.74, 6) is -3.50. The topological polar surface area (TPSA) is 83.5 Å². The molecule has 10 heteroatoms. The van der Waals surface area contributed by atoms with Crippen molar-refractivity contribution >= 4 is 32.5 Å². The summed E-state index contributed by atoms with van der Waals surface area (Å²) in [5.41, 5.74) is 3.87. The molecule has 0 N–H and O–H groups in total. The molecule has 5 rings (SSSR count). The van der Waals surface area contributed by atoms with E-state index in [1.54, 1.807) is 43.6 Å². The number of alkyl halides is 2. The summed E-state index contributed by atoms with van der Waals surface area (Å²) in [5, 5.41) is 0.702. The first-order valence-corrected chi connectivity index (χ1v) is 11.7. The Bertz CT molecular complexity index is 1390. The molecular formula is C22H20F2N4O3S. The Kier molecular flexibility index (Phi) is 4.49. The molecule has 2 aliphatic rings. The quantitative estimate of drug-likeness (QED) is 0.588. The molecule has 4 heterocycles. The molecule has 7 nitrogen and oxygen atoms in total. The van der Waals surface area contributed by atoms with E-state index < -0.39 is 28.4 Å². The van der Waals surface area contributed by atoms with Crippen molar-refractivity contribution in [1.29, 1.82) is 0 Å². The third kappa shape index (κ3) is 3.29. The number of carbonyl (C=O) groups is 1. The van der Waals surface area contributed by atoms with E-state index in [0.717, 1.165) is 10.5 Å². The second-order valence-corrected chi connectivity index (χ2v) is 10.3. The van der Waals surface area contributed by atoms with Gasteiger partial charge in [-0.15, -0.1) is 0 Å². The van der Waals surface area contributed by atoms with E-state index in [-0.39, 0.29) is 24.4 Å². The Morgan fingerprint density at radius 2 is 1.97 bits per heavy atom. The van der Waals surface area contributed by atoms with Crippen molar-refractivity contribution < 1.29 is 22.0 Å². The molecule has 0 spiro atoms. The summed E-state index contributed by atoms with van der Waals surface area (Å²) in [6.45, 7) is 1.10. The van der Waals surface area contributed by atoms with Gasteiger partial charge in [0.1, 0.15) is 5.69 Å². The number of halogens is 2. The van der Waals surface area contributed by atoms with Gasteiger partial charge in [0.15, 0.2) is 0 Å². The van der Waals surface area contributed by atoms with Crippen molar-refractivity contribution in [1.82, 2.24) is 14.9 Å². The average Bonchev–Trinajstić information content (AvgIpc) is 3.21. The molecule has 32 heavy (non-hydrogen) atoms. The number of anilines is 1. The molecule has 166 valence electrons. The van der Waals surface area contributed by atoms with Gasteiger partial charge in [-0.2, -0.15) is 0 Å². The molecule has 2 aromatic heterocycles. The summed E-state index contributed by atoms with van der Waals surface area (Å²) < 4.78 is 53.0. The van der Waals surface area contributed by atoms with Crippen molar-refractivity contribution in [2.24, 2.45) is 0 Å². The molecule has 1 aromatic carbocycles. The molecule has 0 saturated carbocycles. The molecule has 2 aliphatic heterocycles. The highest BCUT2D eigenvalue weighted by Crippen LogP contribution is 2.37. The molecule has 0 atom stereocenters. The van der Waals surface area contributed by atoms with Crippen LogP contribution in [0.5, 0.6) is 0 Å². The molecule has 0 aliphatic carbocycles. The van der Waals surface area contributed by atoms with Gasteiger partial charge in [0.25, 0.3) is 11.8 Å². The summed E-state index contributed by atoms with van der Waals surface area (Å²) in [6.07, 6.45) is 2.88. The number of aryl methyl sites for hydroxylation is 1. The Labute approximate surface area is 183 Å². The number of benzene rings is 1. The SMILES string of the molecule is Cc1cc2cncc(-c3ccc4c(c3)CS(=O)(=O)N4C)c2nc1C(=O)N1CCC(F)(F)C1. The first-order chi connectivity index (χ1) is 15.1. The maximum absolute atomic E-state index is 13.6. The van der Waals surface area contributed by atoms with E-state index in [1.807, 2.05) is 0 Å². The van der Waals surface area contributed by atoms with Crippen LogP contribution in [0.4, 0.5) is 14.5 Å². The Hall–Kier alpha value is -3.14. The molecule has 0 radical (unpaired) electrons. The van der Waals surface area contributed by atoms with Crippen LogP contribution in [0.2, 0.25) is 0 Å². The first-order valence-electron chi connectivity index (χ1n) is 10.1. The highest BCUT2D eigenvalue weighted by Gasteiger charge is 2.41. The van der Waals surface area contributed by atoms with Crippen LogP contribution in [0.1, 0.15) is 28.0 Å². The van der Waals surface area contributed by atoms with Gasteiger partial charge in [0, 0.05) is 43.4 Å². The van der Waals surface area contributed by atoms with Gasteiger partial charge < -0.3 is 4.90 Å². The number of hydrogen-bond acceptors (Lipinski definition) is 5. The maximum atomic E-state index is 13.6. The normalized spacial score (nSPS) is 18.9. The fraction of sp³-hybridized carbons (Fsp3) is 0.318. The Balaban J connectivity index is 1.60. The second-order valence-electron chi connectivity index (χ2n) is 8.31. The zero-order chi connectivity index (χ0) is 22.8. The average molecular weight is 458 g/mol. The fourth-order valence-corrected chi connectivity index (χ4v) is 5.60. The fourth-order valence-electron chi connectivity index (χ4n) is 4.31. The Morgan fingerprint density at radius 3 is 2.69 bits per heavy atom. The molecule has 1 fully saturated rings. The number of hydrogen-bond donors (Lipinski definition) is 0. The van der Waals surface area contributed by atoms with Crippen LogP contribution in [0.25, 0.3) is 22.0 Å². The van der Waals surface area contributed by atoms with Crippen LogP contribution in [0.15, 0.2) is 36.7 Å². The predicted molar refractivity (Wildman–Crippen MR) is 116 cm³/mol. The van der Waals surface area contributed by atoms with E-state index in [0.29, 0.717) is 33.3 Å². The minimum atomic E-state index is -3.38. The van der Waals surface area contributed by atoms with Crippen LogP contribution in [-0.4, -0.2) is 55.3 Å². The molecule has 1 amide bonds. The van der Waals surface area contributed by atoms with Crippen LogP contribution in [-0.2, 0) is 15.8 Å². The van der Waals surface area contributed by atoms with Crippen molar-refractivity contribution in [3.8, 4) is 11.1 Å². The van der Waals surface area contributed by atoms with E-state index in [4.69, 9.17) is 0 Å². The van der Waals surface area contributed by atoms with E-state index in [2.05, 4.69) is 9.97 Å². The molecule has 1 saturated heterocycles. The van der Waals surface area contributed by atoms with Gasteiger partial charge in [-0.25, -0.2) is 22.2 Å². The number of carbonyl (C=O) groups excluding carboxylic acids is 1. The highest BCUT2D eigenvalue weighted by atomic mass is 32.2. The zero-order valence-electron chi connectivity index (χ0n) is 17.5. The third-order valence-electron chi connectivity index (χ3n) is 6.06. The van der Waals surface area contributed by atoms with Crippen molar-refractivity contribution in [2.45, 2.75) is 25.0 Å². The standard InChI is InChI=1S/C22H20F2N4O3S/c1-13-7-15-9-25-10-17(14-3-4-18-16(8-14)11-32(30,31)27(18)2)20(15)26-19(13)21(29)28-6-5-22(23,24)12-28/h3-4,7-10H,5-6,11-12H2,1-2H3. The van der Waals surface area contributed by atoms with E-state index in [1.165, 1.54) is 11.4 Å². The predicted octanol–water partition coefficient (Wildman–Crippen LogP) is 3.37. The van der Waals surface area contributed by atoms with Crippen LogP contribution >= 0.6 is 0 Å². The molecule has 0 bridgehead atoms. The van der Waals surface area contributed by atoms with Crippen LogP contribution in [0.3, 0.4) is 0 Å². The Morgan fingerprint density at radius 1 is 1.19 bits per heavy atom. The highest BCUT2D eigenvalue weighted by molar-refractivity contribution is 7.92. The number of sulfonamides is 1. The third-order valence-corrected chi connectivity index (χ3v) is 7.77. The van der Waals surface area contributed by atoms with E-state index in [9.17, 15) is 22.0 Å². The molecule has 3 aromatic rings. The number of rotatable bonds is 2. The minimum absolute atomic E-state index is 0.0129. The summed E-state index contributed by atoms with van der Waals surface area (Å²) in [7, 11) is -1.86. The zero-order valence-corrected chi connectivity index (χ0v) is 18.3.